The van der Waals surface area contributed by atoms with E-state index in [1.165, 1.54) is 4.90 Å². The molecule has 2 N–H and O–H groups in total. The number of amides is 2. The molecule has 1 aromatic heterocycles. The number of fused-ring (bicyclic) bond motifs is 1. The Morgan fingerprint density at radius 2 is 1.93 bits per heavy atom. The van der Waals surface area contributed by atoms with Crippen LogP contribution in [0.4, 0.5) is 10.5 Å². The number of pyridine rings is 1. The van der Waals surface area contributed by atoms with E-state index in [9.17, 15) is 14.7 Å². The summed E-state index contributed by atoms with van der Waals surface area (Å²) < 4.78 is 6.58. The van der Waals surface area contributed by atoms with Gasteiger partial charge in [-0.15, -0.1) is 0 Å². The molecule has 0 spiro atoms. The van der Waals surface area contributed by atoms with Crippen LogP contribution in [0.1, 0.15) is 43.8 Å². The number of ether oxygens (including phenoxy) is 1. The SMILES string of the molecule is CC(C)(C)OC(=O)N1CCc2nc(CO)ccc2C1C(=O)Nc1ccc(I)cc1. The van der Waals surface area contributed by atoms with Gasteiger partial charge in [0.2, 0.25) is 0 Å². The molecule has 0 radical (unpaired) electrons. The Labute approximate surface area is 183 Å². The first-order valence-corrected chi connectivity index (χ1v) is 10.4. The van der Waals surface area contributed by atoms with E-state index in [0.29, 0.717) is 35.6 Å². The van der Waals surface area contributed by atoms with E-state index in [1.54, 1.807) is 32.9 Å². The van der Waals surface area contributed by atoms with E-state index in [-0.39, 0.29) is 12.5 Å². The number of nitrogens with zero attached hydrogens (tertiary/aromatic N) is 2. The van der Waals surface area contributed by atoms with Crippen molar-refractivity contribution in [1.82, 2.24) is 9.88 Å². The maximum Gasteiger partial charge on any atom is 0.411 e. The van der Waals surface area contributed by atoms with Crippen molar-refractivity contribution in [1.29, 1.82) is 0 Å². The predicted molar refractivity (Wildman–Crippen MR) is 117 cm³/mol. The highest BCUT2D eigenvalue weighted by Crippen LogP contribution is 2.32. The molecule has 2 amide bonds. The number of hydrogen-bond acceptors (Lipinski definition) is 5. The monoisotopic (exact) mass is 509 g/mol. The highest BCUT2D eigenvalue weighted by atomic mass is 127. The van der Waals surface area contributed by atoms with Gasteiger partial charge in [0.1, 0.15) is 11.6 Å². The van der Waals surface area contributed by atoms with Crippen molar-refractivity contribution in [3.05, 3.63) is 56.9 Å². The van der Waals surface area contributed by atoms with Crippen molar-refractivity contribution in [3.8, 4) is 0 Å². The van der Waals surface area contributed by atoms with Crippen molar-refractivity contribution in [2.75, 3.05) is 11.9 Å². The van der Waals surface area contributed by atoms with Gasteiger partial charge in [0.25, 0.3) is 5.91 Å². The first kappa shape index (κ1) is 21.5. The summed E-state index contributed by atoms with van der Waals surface area (Å²) in [5.74, 6) is -0.337. The summed E-state index contributed by atoms with van der Waals surface area (Å²) in [5.41, 5.74) is 1.85. The average Bonchev–Trinajstić information content (AvgIpc) is 2.66. The Morgan fingerprint density at radius 3 is 2.55 bits per heavy atom. The lowest BCUT2D eigenvalue weighted by Gasteiger charge is -2.36. The molecule has 2 heterocycles. The first-order chi connectivity index (χ1) is 13.7. The molecule has 8 heteroatoms. The molecule has 1 aliphatic rings. The van der Waals surface area contributed by atoms with Crippen LogP contribution in [0.25, 0.3) is 0 Å². The molecular weight excluding hydrogens is 485 g/mol. The quantitative estimate of drug-likeness (QED) is 0.617. The van der Waals surface area contributed by atoms with Gasteiger partial charge >= 0.3 is 6.09 Å². The number of benzene rings is 1. The third kappa shape index (κ3) is 5.24. The van der Waals surface area contributed by atoms with E-state index < -0.39 is 17.7 Å². The van der Waals surface area contributed by atoms with Gasteiger partial charge < -0.3 is 15.2 Å². The van der Waals surface area contributed by atoms with Gasteiger partial charge in [-0.3, -0.25) is 14.7 Å². The number of aliphatic hydroxyl groups is 1. The van der Waals surface area contributed by atoms with Crippen LogP contribution in [0.15, 0.2) is 36.4 Å². The number of aliphatic hydroxyl groups excluding tert-OH is 1. The number of carbonyl (C=O) groups is 2. The first-order valence-electron chi connectivity index (χ1n) is 9.33. The van der Waals surface area contributed by atoms with Crippen LogP contribution in [-0.2, 0) is 22.6 Å². The fraction of sp³-hybridized carbons (Fsp3) is 0.381. The third-order valence-electron chi connectivity index (χ3n) is 4.41. The fourth-order valence-corrected chi connectivity index (χ4v) is 3.52. The van der Waals surface area contributed by atoms with Gasteiger partial charge in [-0.2, -0.15) is 0 Å². The Morgan fingerprint density at radius 1 is 1.24 bits per heavy atom. The Hall–Kier alpha value is -2.20. The molecule has 7 nitrogen and oxygen atoms in total. The maximum absolute atomic E-state index is 13.2. The van der Waals surface area contributed by atoms with Crippen molar-refractivity contribution < 1.29 is 19.4 Å². The number of anilines is 1. The zero-order valence-electron chi connectivity index (χ0n) is 16.6. The predicted octanol–water partition coefficient (Wildman–Crippen LogP) is 3.65. The molecule has 1 unspecified atom stereocenters. The van der Waals surface area contributed by atoms with Crippen molar-refractivity contribution in [2.24, 2.45) is 0 Å². The average molecular weight is 509 g/mol. The topological polar surface area (TPSA) is 91.8 Å². The third-order valence-corrected chi connectivity index (χ3v) is 5.13. The van der Waals surface area contributed by atoms with Crippen LogP contribution in [0.2, 0.25) is 0 Å². The molecule has 2 aromatic rings. The summed E-state index contributed by atoms with van der Waals surface area (Å²) in [4.78, 5) is 31.9. The van der Waals surface area contributed by atoms with Crippen LogP contribution in [-0.4, -0.2) is 39.1 Å². The zero-order valence-corrected chi connectivity index (χ0v) is 18.8. The lowest BCUT2D eigenvalue weighted by atomic mass is 9.95. The van der Waals surface area contributed by atoms with Gasteiger partial charge in [-0.1, -0.05) is 6.07 Å². The normalized spacial score (nSPS) is 16.2. The molecule has 1 aliphatic heterocycles. The van der Waals surface area contributed by atoms with E-state index in [0.717, 1.165) is 3.57 Å². The van der Waals surface area contributed by atoms with Gasteiger partial charge in [-0.05, 0) is 73.7 Å². The number of rotatable bonds is 3. The van der Waals surface area contributed by atoms with Crippen LogP contribution in [0.5, 0.6) is 0 Å². The van der Waals surface area contributed by atoms with Crippen LogP contribution in [0, 0.1) is 3.57 Å². The van der Waals surface area contributed by atoms with Gasteiger partial charge in [0.15, 0.2) is 0 Å². The molecule has 0 bridgehead atoms. The summed E-state index contributed by atoms with van der Waals surface area (Å²) >= 11 is 2.19. The molecule has 29 heavy (non-hydrogen) atoms. The Balaban J connectivity index is 1.94. The maximum atomic E-state index is 13.2. The van der Waals surface area contributed by atoms with Crippen molar-refractivity contribution >= 4 is 40.3 Å². The molecule has 0 fully saturated rings. The summed E-state index contributed by atoms with van der Waals surface area (Å²) in [5, 5.41) is 12.3. The molecule has 1 aromatic carbocycles. The number of carbonyl (C=O) groups excluding carboxylic acids is 2. The molecule has 0 saturated heterocycles. The standard InChI is InChI=1S/C21H24IN3O4/c1-21(2,3)29-20(28)25-11-10-17-16(9-8-15(12-26)23-17)18(25)19(27)24-14-6-4-13(22)5-7-14/h4-9,18,26H,10-12H2,1-3H3,(H,24,27). The highest BCUT2D eigenvalue weighted by Gasteiger charge is 2.38. The largest absolute Gasteiger partial charge is 0.444 e. The van der Waals surface area contributed by atoms with E-state index in [2.05, 4.69) is 32.9 Å². The molecule has 0 aliphatic carbocycles. The second kappa shape index (κ2) is 8.66. The summed E-state index contributed by atoms with van der Waals surface area (Å²) in [6, 6.07) is 9.97. The Kier molecular flexibility index (Phi) is 6.42. The minimum Gasteiger partial charge on any atom is -0.444 e. The molecule has 3 rings (SSSR count). The number of aromatic nitrogens is 1. The molecule has 1 atom stereocenters. The van der Waals surface area contributed by atoms with Gasteiger partial charge in [0.05, 0.1) is 12.3 Å². The van der Waals surface area contributed by atoms with Crippen molar-refractivity contribution in [3.63, 3.8) is 0 Å². The smallest absolute Gasteiger partial charge is 0.411 e. The summed E-state index contributed by atoms with van der Waals surface area (Å²) in [7, 11) is 0. The van der Waals surface area contributed by atoms with E-state index in [1.807, 2.05) is 24.3 Å². The molecule has 0 saturated carbocycles. The van der Waals surface area contributed by atoms with Crippen molar-refractivity contribution in [2.45, 2.75) is 45.4 Å². The van der Waals surface area contributed by atoms with E-state index in [4.69, 9.17) is 4.74 Å². The van der Waals surface area contributed by atoms with Gasteiger partial charge in [0, 0.05) is 33.5 Å². The summed E-state index contributed by atoms with van der Waals surface area (Å²) in [6.45, 7) is 5.49. The number of nitrogens with one attached hydrogen (secondary N) is 1. The lowest BCUT2D eigenvalue weighted by molar-refractivity contribution is -0.122. The second-order valence-electron chi connectivity index (χ2n) is 7.82. The number of hydrogen-bond donors (Lipinski definition) is 2. The highest BCUT2D eigenvalue weighted by molar-refractivity contribution is 14.1. The van der Waals surface area contributed by atoms with Crippen LogP contribution >= 0.6 is 22.6 Å². The van der Waals surface area contributed by atoms with Crippen LogP contribution < -0.4 is 5.32 Å². The summed E-state index contributed by atoms with van der Waals surface area (Å²) in [6.07, 6.45) is -0.0624. The minimum atomic E-state index is -0.867. The van der Waals surface area contributed by atoms with Gasteiger partial charge in [-0.25, -0.2) is 4.79 Å². The van der Waals surface area contributed by atoms with Crippen LogP contribution in [0.3, 0.4) is 0 Å². The number of halogens is 1. The minimum absolute atomic E-state index is 0.178. The molecular formula is C21H24IN3O4. The molecule has 154 valence electrons. The zero-order chi connectivity index (χ0) is 21.2. The second-order valence-corrected chi connectivity index (χ2v) is 9.06. The van der Waals surface area contributed by atoms with E-state index >= 15 is 0 Å². The Bertz CT molecular complexity index is 909. The fourth-order valence-electron chi connectivity index (χ4n) is 3.16. The lowest BCUT2D eigenvalue weighted by Crippen LogP contribution is -2.47.